The molecule has 3 saturated heterocycles. The number of nitrogens with two attached hydrogens (primary N) is 1. The van der Waals surface area contributed by atoms with Crippen LogP contribution in [0.25, 0.3) is 0 Å². The van der Waals surface area contributed by atoms with Gasteiger partial charge in [0, 0.05) is 49.8 Å². The van der Waals surface area contributed by atoms with Crippen LogP contribution in [0, 0.1) is 0 Å². The summed E-state index contributed by atoms with van der Waals surface area (Å²) in [4.78, 5) is 7.92. The van der Waals surface area contributed by atoms with E-state index in [1.165, 1.54) is 51.7 Å². The van der Waals surface area contributed by atoms with Crippen LogP contribution in [-0.2, 0) is 0 Å². The van der Waals surface area contributed by atoms with Gasteiger partial charge in [-0.15, -0.1) is 0 Å². The summed E-state index contributed by atoms with van der Waals surface area (Å²) in [6.07, 6.45) is 6.59. The first-order valence-corrected chi connectivity index (χ1v) is 8.47. The molecule has 0 aromatic carbocycles. The minimum absolute atomic E-state index is 0.285. The van der Waals surface area contributed by atoms with Crippen molar-refractivity contribution in [2.24, 2.45) is 5.73 Å². The van der Waals surface area contributed by atoms with E-state index in [-0.39, 0.29) is 5.54 Å². The molecule has 0 amide bonds. The molecule has 116 valence electrons. The van der Waals surface area contributed by atoms with Crippen molar-refractivity contribution in [1.29, 1.82) is 0 Å². The molecule has 20 heavy (non-hydrogen) atoms. The fourth-order valence-electron chi connectivity index (χ4n) is 4.91. The predicted molar refractivity (Wildman–Crippen MR) is 83.9 cm³/mol. The summed E-state index contributed by atoms with van der Waals surface area (Å²) < 4.78 is 0. The lowest BCUT2D eigenvalue weighted by molar-refractivity contribution is -0.0380. The van der Waals surface area contributed by atoms with Gasteiger partial charge in [0.25, 0.3) is 0 Å². The molecule has 2 bridgehead atoms. The van der Waals surface area contributed by atoms with Crippen molar-refractivity contribution >= 4 is 0 Å². The zero-order chi connectivity index (χ0) is 14.3. The highest BCUT2D eigenvalue weighted by Gasteiger charge is 2.49. The van der Waals surface area contributed by atoms with Crippen LogP contribution in [0.4, 0.5) is 0 Å². The summed E-state index contributed by atoms with van der Waals surface area (Å²) in [5.74, 6) is 0. The Hall–Kier alpha value is -0.160. The number of rotatable bonds is 3. The number of hydrogen-bond donors (Lipinski definition) is 1. The first-order chi connectivity index (χ1) is 9.59. The summed E-state index contributed by atoms with van der Waals surface area (Å²) in [5, 5.41) is 0. The highest BCUT2D eigenvalue weighted by atomic mass is 15.3. The molecule has 0 aromatic heterocycles. The van der Waals surface area contributed by atoms with E-state index < -0.39 is 0 Å². The van der Waals surface area contributed by atoms with E-state index in [1.54, 1.807) is 0 Å². The summed E-state index contributed by atoms with van der Waals surface area (Å²) in [5.41, 5.74) is 6.60. The minimum atomic E-state index is 0.285. The maximum absolute atomic E-state index is 6.31. The van der Waals surface area contributed by atoms with E-state index in [9.17, 15) is 0 Å². The van der Waals surface area contributed by atoms with Crippen LogP contribution in [0.15, 0.2) is 0 Å². The summed E-state index contributed by atoms with van der Waals surface area (Å²) in [6.45, 7) is 6.78. The average molecular weight is 280 g/mol. The van der Waals surface area contributed by atoms with Crippen molar-refractivity contribution in [2.45, 2.75) is 62.7 Å². The van der Waals surface area contributed by atoms with Crippen molar-refractivity contribution in [3.05, 3.63) is 0 Å². The lowest BCUT2D eigenvalue weighted by Gasteiger charge is -2.54. The fourth-order valence-corrected chi connectivity index (χ4v) is 4.91. The number of piperazine rings is 1. The first-order valence-electron chi connectivity index (χ1n) is 8.47. The van der Waals surface area contributed by atoms with E-state index in [0.29, 0.717) is 6.04 Å². The molecule has 0 radical (unpaired) electrons. The quantitative estimate of drug-likeness (QED) is 0.835. The molecular weight excluding hydrogens is 248 g/mol. The Morgan fingerprint density at radius 1 is 1.10 bits per heavy atom. The van der Waals surface area contributed by atoms with Crippen molar-refractivity contribution in [2.75, 3.05) is 40.3 Å². The number of piperidine rings is 1. The Balaban J connectivity index is 1.76. The normalized spacial score (nSPS) is 44.1. The van der Waals surface area contributed by atoms with Crippen molar-refractivity contribution in [3.63, 3.8) is 0 Å². The van der Waals surface area contributed by atoms with Crippen LogP contribution in [0.5, 0.6) is 0 Å². The molecule has 0 spiro atoms. The van der Waals surface area contributed by atoms with Gasteiger partial charge in [-0.2, -0.15) is 0 Å². The zero-order valence-electron chi connectivity index (χ0n) is 13.5. The van der Waals surface area contributed by atoms with Crippen LogP contribution in [0.1, 0.15) is 39.0 Å². The van der Waals surface area contributed by atoms with Gasteiger partial charge in [0.15, 0.2) is 0 Å². The van der Waals surface area contributed by atoms with E-state index in [4.69, 9.17) is 5.73 Å². The van der Waals surface area contributed by atoms with Crippen LogP contribution in [0.3, 0.4) is 0 Å². The second kappa shape index (κ2) is 5.56. The molecule has 0 saturated carbocycles. The van der Waals surface area contributed by atoms with Gasteiger partial charge in [-0.25, -0.2) is 0 Å². The fraction of sp³-hybridized carbons (Fsp3) is 1.00. The summed E-state index contributed by atoms with van der Waals surface area (Å²) in [7, 11) is 4.60. The second-order valence-electron chi connectivity index (χ2n) is 7.38. The van der Waals surface area contributed by atoms with Gasteiger partial charge >= 0.3 is 0 Å². The van der Waals surface area contributed by atoms with E-state index in [1.807, 2.05) is 0 Å². The highest BCUT2D eigenvalue weighted by Crippen LogP contribution is 2.42. The van der Waals surface area contributed by atoms with E-state index >= 15 is 0 Å². The molecule has 3 fully saturated rings. The Labute approximate surface area is 124 Å². The van der Waals surface area contributed by atoms with Gasteiger partial charge in [0.2, 0.25) is 0 Å². The van der Waals surface area contributed by atoms with Crippen molar-refractivity contribution in [3.8, 4) is 0 Å². The smallest absolute Gasteiger partial charge is 0.0362 e. The van der Waals surface area contributed by atoms with Crippen molar-refractivity contribution < 1.29 is 0 Å². The SMILES string of the molecule is CCC1CN(C2(CN)CC3CCC(C2)N3C)CCN1C. The zero-order valence-corrected chi connectivity index (χ0v) is 13.5. The number of fused-ring (bicyclic) bond motifs is 2. The Kier molecular flexibility index (Phi) is 4.10. The lowest BCUT2D eigenvalue weighted by Crippen LogP contribution is -2.66. The first kappa shape index (κ1) is 14.8. The maximum Gasteiger partial charge on any atom is 0.0362 e. The molecule has 4 nitrogen and oxygen atoms in total. The van der Waals surface area contributed by atoms with Crippen molar-refractivity contribution in [1.82, 2.24) is 14.7 Å². The average Bonchev–Trinajstić information content (AvgIpc) is 2.69. The predicted octanol–water partition coefficient (Wildman–Crippen LogP) is 0.967. The number of likely N-dealkylation sites (N-methyl/N-ethyl adjacent to an activating group) is 1. The van der Waals surface area contributed by atoms with Gasteiger partial charge in [-0.05, 0) is 46.2 Å². The second-order valence-corrected chi connectivity index (χ2v) is 7.38. The molecule has 0 aliphatic carbocycles. The molecule has 3 rings (SSSR count). The summed E-state index contributed by atoms with van der Waals surface area (Å²) >= 11 is 0. The third kappa shape index (κ3) is 2.31. The molecule has 3 heterocycles. The standard InChI is InChI=1S/C16H32N4/c1-4-13-11-20(8-7-18(13)2)16(12-17)9-14-5-6-15(10-16)19(14)3/h13-15H,4-12,17H2,1-3H3. The van der Waals surface area contributed by atoms with E-state index in [0.717, 1.165) is 18.6 Å². The molecule has 3 aliphatic rings. The number of hydrogen-bond acceptors (Lipinski definition) is 4. The van der Waals surface area contributed by atoms with Gasteiger partial charge in [-0.1, -0.05) is 6.92 Å². The van der Waals surface area contributed by atoms with Gasteiger partial charge in [0.1, 0.15) is 0 Å². The third-order valence-corrected chi connectivity index (χ3v) is 6.52. The van der Waals surface area contributed by atoms with Crippen LogP contribution < -0.4 is 5.73 Å². The third-order valence-electron chi connectivity index (χ3n) is 6.52. The van der Waals surface area contributed by atoms with Crippen LogP contribution >= 0.6 is 0 Å². The monoisotopic (exact) mass is 280 g/mol. The molecular formula is C16H32N4. The Morgan fingerprint density at radius 2 is 1.75 bits per heavy atom. The molecule has 0 aromatic rings. The molecule has 3 aliphatic heterocycles. The highest BCUT2D eigenvalue weighted by molar-refractivity contribution is 5.07. The Bertz CT molecular complexity index is 331. The Morgan fingerprint density at radius 3 is 2.30 bits per heavy atom. The van der Waals surface area contributed by atoms with Gasteiger partial charge in [0.05, 0.1) is 0 Å². The summed E-state index contributed by atoms with van der Waals surface area (Å²) in [6, 6.07) is 2.26. The lowest BCUT2D eigenvalue weighted by atomic mass is 9.80. The van der Waals surface area contributed by atoms with E-state index in [2.05, 4.69) is 35.7 Å². The minimum Gasteiger partial charge on any atom is -0.329 e. The van der Waals surface area contributed by atoms with Crippen LogP contribution in [-0.4, -0.2) is 78.6 Å². The molecule has 3 unspecified atom stereocenters. The maximum atomic E-state index is 6.31. The number of nitrogens with zero attached hydrogens (tertiary/aromatic N) is 3. The van der Waals surface area contributed by atoms with Gasteiger partial charge in [-0.3, -0.25) is 4.90 Å². The van der Waals surface area contributed by atoms with Gasteiger partial charge < -0.3 is 15.5 Å². The molecule has 4 heteroatoms. The van der Waals surface area contributed by atoms with Crippen LogP contribution in [0.2, 0.25) is 0 Å². The molecule has 2 N–H and O–H groups in total. The topological polar surface area (TPSA) is 35.7 Å². The molecule has 3 atom stereocenters. The largest absolute Gasteiger partial charge is 0.329 e.